The second kappa shape index (κ2) is 7.06. The van der Waals surface area contributed by atoms with Gasteiger partial charge in [0.2, 0.25) is 0 Å². The molecule has 1 rings (SSSR count). The minimum atomic E-state index is 0.560. The third kappa shape index (κ3) is 4.06. The molecule has 2 unspecified atom stereocenters. The number of rotatable bonds is 6. The molecule has 0 aliphatic heterocycles. The van der Waals surface area contributed by atoms with Crippen LogP contribution >= 0.6 is 0 Å². The molecule has 1 nitrogen and oxygen atoms in total. The van der Waals surface area contributed by atoms with E-state index in [9.17, 15) is 0 Å². The Morgan fingerprint density at radius 3 is 2.50 bits per heavy atom. The van der Waals surface area contributed by atoms with Gasteiger partial charge in [-0.1, -0.05) is 50.6 Å². The van der Waals surface area contributed by atoms with E-state index in [1.165, 1.54) is 18.4 Å². The molecule has 1 aromatic rings. The van der Waals surface area contributed by atoms with Gasteiger partial charge in [0.05, 0.1) is 6.07 Å². The van der Waals surface area contributed by atoms with Gasteiger partial charge in [-0.3, -0.25) is 0 Å². The lowest BCUT2D eigenvalue weighted by atomic mass is 9.86. The van der Waals surface area contributed by atoms with Gasteiger partial charge < -0.3 is 0 Å². The smallest absolute Gasteiger partial charge is 0.0624 e. The predicted octanol–water partition coefficient (Wildman–Crippen LogP) is 4.51. The van der Waals surface area contributed by atoms with Gasteiger partial charge in [-0.2, -0.15) is 5.26 Å². The zero-order valence-electron chi connectivity index (χ0n) is 10.3. The highest BCUT2D eigenvalue weighted by molar-refractivity contribution is 5.18. The van der Waals surface area contributed by atoms with E-state index in [-0.39, 0.29) is 0 Å². The molecule has 1 aromatic carbocycles. The molecule has 0 saturated carbocycles. The van der Waals surface area contributed by atoms with Crippen LogP contribution in [0.4, 0.5) is 0 Å². The van der Waals surface area contributed by atoms with Crippen LogP contribution in [0, 0.1) is 17.2 Å². The monoisotopic (exact) mass is 215 g/mol. The minimum absolute atomic E-state index is 0.560. The molecule has 2 atom stereocenters. The Morgan fingerprint density at radius 2 is 1.94 bits per heavy atom. The van der Waals surface area contributed by atoms with Crippen LogP contribution in [0.15, 0.2) is 30.3 Å². The molecule has 0 spiro atoms. The van der Waals surface area contributed by atoms with Crippen molar-refractivity contribution in [2.24, 2.45) is 5.92 Å². The van der Waals surface area contributed by atoms with Crippen molar-refractivity contribution in [2.75, 3.05) is 0 Å². The Bertz CT molecular complexity index is 323. The summed E-state index contributed by atoms with van der Waals surface area (Å²) in [6.45, 7) is 4.45. The normalized spacial score (nSPS) is 14.1. The third-order valence-electron chi connectivity index (χ3n) is 3.13. The predicted molar refractivity (Wildman–Crippen MR) is 68.1 cm³/mol. The molecular formula is C15H21N. The fourth-order valence-corrected chi connectivity index (χ4v) is 2.26. The first kappa shape index (κ1) is 12.8. The molecule has 16 heavy (non-hydrogen) atoms. The molecule has 0 radical (unpaired) electrons. The summed E-state index contributed by atoms with van der Waals surface area (Å²) in [5.41, 5.74) is 1.39. The average molecular weight is 215 g/mol. The van der Waals surface area contributed by atoms with Crippen molar-refractivity contribution in [1.82, 2.24) is 0 Å². The Labute approximate surface area is 99.1 Å². The van der Waals surface area contributed by atoms with Crippen LogP contribution in [0.1, 0.15) is 51.0 Å². The summed E-state index contributed by atoms with van der Waals surface area (Å²) in [7, 11) is 0. The van der Waals surface area contributed by atoms with Gasteiger partial charge >= 0.3 is 0 Å². The molecule has 0 aliphatic carbocycles. The molecule has 1 heteroatoms. The van der Waals surface area contributed by atoms with Gasteiger partial charge in [0, 0.05) is 6.42 Å². The molecule has 0 bridgehead atoms. The number of hydrogen-bond acceptors (Lipinski definition) is 1. The van der Waals surface area contributed by atoms with Gasteiger partial charge in [0.15, 0.2) is 0 Å². The Kier molecular flexibility index (Phi) is 5.64. The van der Waals surface area contributed by atoms with Crippen LogP contribution in [0.5, 0.6) is 0 Å². The van der Waals surface area contributed by atoms with Gasteiger partial charge in [0.1, 0.15) is 0 Å². The van der Waals surface area contributed by atoms with Crippen LogP contribution in [-0.4, -0.2) is 0 Å². The maximum atomic E-state index is 8.80. The molecule has 0 amide bonds. The zero-order chi connectivity index (χ0) is 11.8. The minimum Gasteiger partial charge on any atom is -0.198 e. The first-order chi connectivity index (χ1) is 7.77. The third-order valence-corrected chi connectivity index (χ3v) is 3.13. The van der Waals surface area contributed by atoms with Crippen LogP contribution in [0.2, 0.25) is 0 Å². The lowest BCUT2D eigenvalue weighted by Crippen LogP contribution is -2.05. The fourth-order valence-electron chi connectivity index (χ4n) is 2.26. The van der Waals surface area contributed by atoms with Gasteiger partial charge in [-0.05, 0) is 30.2 Å². The van der Waals surface area contributed by atoms with Gasteiger partial charge in [-0.25, -0.2) is 0 Å². The molecule has 0 heterocycles. The summed E-state index contributed by atoms with van der Waals surface area (Å²) >= 11 is 0. The van der Waals surface area contributed by atoms with E-state index >= 15 is 0 Å². The highest BCUT2D eigenvalue weighted by Gasteiger charge is 2.13. The van der Waals surface area contributed by atoms with E-state index in [1.807, 2.05) is 0 Å². The SMILES string of the molecule is CCCC(CC#N)CC(C)c1ccccc1. The largest absolute Gasteiger partial charge is 0.198 e. The average Bonchev–Trinajstić information content (AvgIpc) is 2.31. The standard InChI is InChI=1S/C15H21N/c1-3-7-14(10-11-16)12-13(2)15-8-5-4-6-9-15/h4-6,8-9,13-14H,3,7,10,12H2,1-2H3. The maximum Gasteiger partial charge on any atom is 0.0624 e. The Hall–Kier alpha value is -1.29. The highest BCUT2D eigenvalue weighted by atomic mass is 14.3. The molecule has 0 aromatic heterocycles. The molecule has 0 saturated heterocycles. The zero-order valence-corrected chi connectivity index (χ0v) is 10.3. The summed E-state index contributed by atoms with van der Waals surface area (Å²) in [5.74, 6) is 1.12. The summed E-state index contributed by atoms with van der Waals surface area (Å²) in [6.07, 6.45) is 4.18. The van der Waals surface area contributed by atoms with E-state index in [4.69, 9.17) is 5.26 Å². The van der Waals surface area contributed by atoms with E-state index in [0.717, 1.165) is 6.42 Å². The first-order valence-electron chi connectivity index (χ1n) is 6.19. The summed E-state index contributed by atoms with van der Waals surface area (Å²) in [4.78, 5) is 0. The van der Waals surface area contributed by atoms with Crippen molar-refractivity contribution in [3.05, 3.63) is 35.9 Å². The van der Waals surface area contributed by atoms with Crippen LogP contribution in [0.3, 0.4) is 0 Å². The molecule has 0 fully saturated rings. The van der Waals surface area contributed by atoms with Crippen molar-refractivity contribution >= 4 is 0 Å². The lowest BCUT2D eigenvalue weighted by Gasteiger charge is -2.18. The quantitative estimate of drug-likeness (QED) is 0.685. The number of benzene rings is 1. The van der Waals surface area contributed by atoms with E-state index in [1.54, 1.807) is 0 Å². The van der Waals surface area contributed by atoms with E-state index in [0.29, 0.717) is 18.3 Å². The van der Waals surface area contributed by atoms with Crippen molar-refractivity contribution in [1.29, 1.82) is 5.26 Å². The maximum absolute atomic E-state index is 8.80. The second-order valence-corrected chi connectivity index (χ2v) is 4.56. The summed E-state index contributed by atoms with van der Waals surface area (Å²) in [5, 5.41) is 8.80. The van der Waals surface area contributed by atoms with Crippen LogP contribution < -0.4 is 0 Å². The summed E-state index contributed by atoms with van der Waals surface area (Å²) in [6, 6.07) is 12.9. The number of hydrogen-bond donors (Lipinski definition) is 0. The fraction of sp³-hybridized carbons (Fsp3) is 0.533. The van der Waals surface area contributed by atoms with Gasteiger partial charge in [-0.15, -0.1) is 0 Å². The Balaban J connectivity index is 2.55. The Morgan fingerprint density at radius 1 is 1.25 bits per heavy atom. The lowest BCUT2D eigenvalue weighted by molar-refractivity contribution is 0.421. The van der Waals surface area contributed by atoms with Crippen LogP contribution in [0.25, 0.3) is 0 Å². The van der Waals surface area contributed by atoms with Crippen molar-refractivity contribution in [2.45, 2.75) is 45.4 Å². The molecule has 0 aliphatic rings. The van der Waals surface area contributed by atoms with E-state index < -0.39 is 0 Å². The van der Waals surface area contributed by atoms with Crippen molar-refractivity contribution < 1.29 is 0 Å². The number of nitriles is 1. The molecule has 86 valence electrons. The van der Waals surface area contributed by atoms with Crippen molar-refractivity contribution in [3.63, 3.8) is 0 Å². The molecular weight excluding hydrogens is 194 g/mol. The summed E-state index contributed by atoms with van der Waals surface area (Å²) < 4.78 is 0. The van der Waals surface area contributed by atoms with E-state index in [2.05, 4.69) is 50.2 Å². The first-order valence-corrected chi connectivity index (χ1v) is 6.19. The van der Waals surface area contributed by atoms with Crippen LogP contribution in [-0.2, 0) is 0 Å². The van der Waals surface area contributed by atoms with Gasteiger partial charge in [0.25, 0.3) is 0 Å². The number of nitrogens with zero attached hydrogens (tertiary/aromatic N) is 1. The van der Waals surface area contributed by atoms with Crippen molar-refractivity contribution in [3.8, 4) is 6.07 Å². The highest BCUT2D eigenvalue weighted by Crippen LogP contribution is 2.27. The topological polar surface area (TPSA) is 23.8 Å². The second-order valence-electron chi connectivity index (χ2n) is 4.56. The molecule has 0 N–H and O–H groups in total.